The summed E-state index contributed by atoms with van der Waals surface area (Å²) in [6, 6.07) is 10.4. The molecule has 0 saturated carbocycles. The lowest BCUT2D eigenvalue weighted by atomic mass is 10.0. The fourth-order valence-electron chi connectivity index (χ4n) is 1.77. The number of furan rings is 1. The van der Waals surface area contributed by atoms with E-state index in [0.29, 0.717) is 11.1 Å². The van der Waals surface area contributed by atoms with Crippen LogP contribution in [0.2, 0.25) is 0 Å². The summed E-state index contributed by atoms with van der Waals surface area (Å²) in [7, 11) is 0. The fraction of sp³-hybridized carbons (Fsp3) is 0.200. The highest BCUT2D eigenvalue weighted by atomic mass is 16.3. The van der Waals surface area contributed by atoms with Gasteiger partial charge in [-0.15, -0.1) is 0 Å². The van der Waals surface area contributed by atoms with Gasteiger partial charge in [-0.05, 0) is 13.0 Å². The standard InChI is InChI=1S/C15H15NO3/c1-11(16-15(18)13-7-8-19-10-13)9-14(17)12-5-3-2-4-6-12/h2-8,10-11H,9H2,1H3,(H,16,18)/t11-/m1/s1. The quantitative estimate of drug-likeness (QED) is 0.838. The van der Waals surface area contributed by atoms with Crippen molar-refractivity contribution in [3.63, 3.8) is 0 Å². The first-order chi connectivity index (χ1) is 9.16. The first kappa shape index (κ1) is 13.1. The van der Waals surface area contributed by atoms with Crippen molar-refractivity contribution in [3.8, 4) is 0 Å². The van der Waals surface area contributed by atoms with Gasteiger partial charge >= 0.3 is 0 Å². The summed E-state index contributed by atoms with van der Waals surface area (Å²) in [5, 5.41) is 2.76. The highest BCUT2D eigenvalue weighted by molar-refractivity contribution is 5.97. The number of rotatable bonds is 5. The molecule has 0 aliphatic heterocycles. The minimum atomic E-state index is -0.234. The van der Waals surface area contributed by atoms with Crippen LogP contribution in [-0.2, 0) is 0 Å². The van der Waals surface area contributed by atoms with Crippen molar-refractivity contribution < 1.29 is 14.0 Å². The van der Waals surface area contributed by atoms with Crippen molar-refractivity contribution in [1.82, 2.24) is 5.32 Å². The Hall–Kier alpha value is -2.36. The summed E-state index contributed by atoms with van der Waals surface area (Å²) in [5.74, 6) is -0.220. The second-order valence-electron chi connectivity index (χ2n) is 4.38. The molecule has 1 aromatic carbocycles. The summed E-state index contributed by atoms with van der Waals surface area (Å²) in [6.45, 7) is 1.80. The highest BCUT2D eigenvalue weighted by Crippen LogP contribution is 2.06. The number of amides is 1. The highest BCUT2D eigenvalue weighted by Gasteiger charge is 2.14. The third kappa shape index (κ3) is 3.55. The number of nitrogens with one attached hydrogen (secondary N) is 1. The van der Waals surface area contributed by atoms with Gasteiger partial charge in [0.05, 0.1) is 11.8 Å². The Balaban J connectivity index is 1.90. The number of hydrogen-bond acceptors (Lipinski definition) is 3. The van der Waals surface area contributed by atoms with E-state index in [1.165, 1.54) is 12.5 Å². The monoisotopic (exact) mass is 257 g/mol. The van der Waals surface area contributed by atoms with Crippen molar-refractivity contribution in [3.05, 3.63) is 60.1 Å². The molecule has 1 aromatic heterocycles. The van der Waals surface area contributed by atoms with Crippen LogP contribution in [0.4, 0.5) is 0 Å². The number of Topliss-reactive ketones (excluding diaryl/α,β-unsaturated/α-hetero) is 1. The molecule has 0 radical (unpaired) electrons. The van der Waals surface area contributed by atoms with E-state index in [4.69, 9.17) is 4.42 Å². The molecule has 0 aliphatic rings. The molecule has 0 fully saturated rings. The smallest absolute Gasteiger partial charge is 0.254 e. The zero-order valence-corrected chi connectivity index (χ0v) is 10.6. The predicted octanol–water partition coefficient (Wildman–Crippen LogP) is 2.67. The molecular formula is C15H15NO3. The Kier molecular flexibility index (Phi) is 4.13. The maximum absolute atomic E-state index is 12.0. The van der Waals surface area contributed by atoms with Gasteiger partial charge in [0.1, 0.15) is 6.26 Å². The van der Waals surface area contributed by atoms with Crippen LogP contribution in [0.1, 0.15) is 34.1 Å². The van der Waals surface area contributed by atoms with Gasteiger partial charge < -0.3 is 9.73 Å². The van der Waals surface area contributed by atoms with Crippen LogP contribution in [0, 0.1) is 0 Å². The van der Waals surface area contributed by atoms with Crippen LogP contribution >= 0.6 is 0 Å². The first-order valence-corrected chi connectivity index (χ1v) is 6.08. The number of hydrogen-bond donors (Lipinski definition) is 1. The van der Waals surface area contributed by atoms with Crippen LogP contribution in [0.25, 0.3) is 0 Å². The normalized spacial score (nSPS) is 11.8. The molecule has 1 amide bonds. The molecule has 0 saturated heterocycles. The zero-order valence-electron chi connectivity index (χ0n) is 10.6. The van der Waals surface area contributed by atoms with E-state index in [1.807, 2.05) is 18.2 Å². The van der Waals surface area contributed by atoms with Crippen LogP contribution in [-0.4, -0.2) is 17.7 Å². The van der Waals surface area contributed by atoms with Gasteiger partial charge in [-0.25, -0.2) is 0 Å². The van der Waals surface area contributed by atoms with E-state index in [0.717, 1.165) is 0 Å². The molecule has 0 aliphatic carbocycles. The molecule has 1 atom stereocenters. The average molecular weight is 257 g/mol. The Bertz CT molecular complexity index is 546. The van der Waals surface area contributed by atoms with Gasteiger partial charge in [0.2, 0.25) is 0 Å². The van der Waals surface area contributed by atoms with Crippen molar-refractivity contribution in [2.24, 2.45) is 0 Å². The Morgan fingerprint density at radius 1 is 1.16 bits per heavy atom. The second-order valence-corrected chi connectivity index (χ2v) is 4.38. The Morgan fingerprint density at radius 2 is 1.89 bits per heavy atom. The van der Waals surface area contributed by atoms with Gasteiger partial charge in [0.15, 0.2) is 5.78 Å². The molecule has 2 rings (SSSR count). The summed E-state index contributed by atoms with van der Waals surface area (Å²) >= 11 is 0. The Morgan fingerprint density at radius 3 is 2.53 bits per heavy atom. The van der Waals surface area contributed by atoms with Gasteiger partial charge in [-0.3, -0.25) is 9.59 Å². The fourth-order valence-corrected chi connectivity index (χ4v) is 1.77. The van der Waals surface area contributed by atoms with Crippen LogP contribution in [0.3, 0.4) is 0 Å². The SMILES string of the molecule is C[C@H](CC(=O)c1ccccc1)NC(=O)c1ccoc1. The molecular weight excluding hydrogens is 242 g/mol. The maximum atomic E-state index is 12.0. The zero-order chi connectivity index (χ0) is 13.7. The van der Waals surface area contributed by atoms with E-state index in [9.17, 15) is 9.59 Å². The van der Waals surface area contributed by atoms with Gasteiger partial charge in [-0.2, -0.15) is 0 Å². The Labute approximate surface area is 111 Å². The predicted molar refractivity (Wildman–Crippen MR) is 71.0 cm³/mol. The van der Waals surface area contributed by atoms with E-state index >= 15 is 0 Å². The van der Waals surface area contributed by atoms with Crippen LogP contribution < -0.4 is 5.32 Å². The summed E-state index contributed by atoms with van der Waals surface area (Å²) in [6.07, 6.45) is 3.09. The molecule has 4 heteroatoms. The van der Waals surface area contributed by atoms with E-state index in [-0.39, 0.29) is 24.2 Å². The molecule has 2 aromatic rings. The molecule has 98 valence electrons. The first-order valence-electron chi connectivity index (χ1n) is 6.08. The van der Waals surface area contributed by atoms with Crippen molar-refractivity contribution in [1.29, 1.82) is 0 Å². The molecule has 1 heterocycles. The largest absolute Gasteiger partial charge is 0.472 e. The third-order valence-corrected chi connectivity index (χ3v) is 2.75. The number of carbonyl (C=O) groups excluding carboxylic acids is 2. The van der Waals surface area contributed by atoms with Crippen molar-refractivity contribution >= 4 is 11.7 Å². The molecule has 0 spiro atoms. The lowest BCUT2D eigenvalue weighted by Gasteiger charge is -2.12. The molecule has 4 nitrogen and oxygen atoms in total. The molecule has 0 bridgehead atoms. The van der Waals surface area contributed by atoms with Crippen LogP contribution in [0.15, 0.2) is 53.3 Å². The summed E-state index contributed by atoms with van der Waals surface area (Å²) < 4.78 is 4.84. The van der Waals surface area contributed by atoms with Gasteiger partial charge in [-0.1, -0.05) is 30.3 Å². The average Bonchev–Trinajstić information content (AvgIpc) is 2.93. The van der Waals surface area contributed by atoms with Crippen molar-refractivity contribution in [2.45, 2.75) is 19.4 Å². The lowest BCUT2D eigenvalue weighted by Crippen LogP contribution is -2.34. The van der Waals surface area contributed by atoms with Gasteiger partial charge in [0, 0.05) is 18.0 Å². The summed E-state index contributed by atoms with van der Waals surface area (Å²) in [4.78, 5) is 23.7. The van der Waals surface area contributed by atoms with Crippen LogP contribution in [0.5, 0.6) is 0 Å². The number of ketones is 1. The molecule has 19 heavy (non-hydrogen) atoms. The van der Waals surface area contributed by atoms with E-state index in [1.54, 1.807) is 25.1 Å². The van der Waals surface area contributed by atoms with E-state index < -0.39 is 0 Å². The number of carbonyl (C=O) groups is 2. The second kappa shape index (κ2) is 6.00. The molecule has 0 unspecified atom stereocenters. The third-order valence-electron chi connectivity index (χ3n) is 2.75. The minimum Gasteiger partial charge on any atom is -0.472 e. The topological polar surface area (TPSA) is 59.3 Å². The molecule has 1 N–H and O–H groups in total. The number of benzene rings is 1. The minimum absolute atomic E-state index is 0.0144. The lowest BCUT2D eigenvalue weighted by molar-refractivity contribution is 0.0918. The summed E-state index contributed by atoms with van der Waals surface area (Å²) in [5.41, 5.74) is 1.12. The maximum Gasteiger partial charge on any atom is 0.254 e. The van der Waals surface area contributed by atoms with Gasteiger partial charge in [0.25, 0.3) is 5.91 Å². The van der Waals surface area contributed by atoms with E-state index in [2.05, 4.69) is 5.32 Å². The van der Waals surface area contributed by atoms with Crippen molar-refractivity contribution in [2.75, 3.05) is 0 Å².